The molecule has 1 aliphatic rings. The monoisotopic (exact) mass is 390 g/mol. The molecule has 1 aliphatic heterocycles. The van der Waals surface area contributed by atoms with E-state index in [9.17, 15) is 14.4 Å². The maximum atomic E-state index is 12.8. The van der Waals surface area contributed by atoms with E-state index >= 15 is 0 Å². The smallest absolute Gasteiger partial charge is 0.335 e. The topological polar surface area (TPSA) is 75.7 Å². The van der Waals surface area contributed by atoms with Crippen molar-refractivity contribution in [2.75, 3.05) is 12.0 Å². The Hall–Kier alpha value is -2.83. The van der Waals surface area contributed by atoms with Gasteiger partial charge in [0.05, 0.1) is 12.8 Å². The van der Waals surface area contributed by atoms with Gasteiger partial charge in [0.15, 0.2) is 0 Å². The van der Waals surface area contributed by atoms with Crippen molar-refractivity contribution in [3.8, 4) is 5.75 Å². The highest BCUT2D eigenvalue weighted by molar-refractivity contribution is 6.39. The first kappa shape index (κ1) is 18.0. The van der Waals surface area contributed by atoms with Crippen molar-refractivity contribution in [2.45, 2.75) is 0 Å². The molecule has 26 heavy (non-hydrogen) atoms. The van der Waals surface area contributed by atoms with Crippen LogP contribution in [0.15, 0.2) is 48.0 Å². The number of nitrogens with zero attached hydrogens (tertiary/aromatic N) is 1. The average Bonchev–Trinajstić information content (AvgIpc) is 2.60. The third-order valence-corrected chi connectivity index (χ3v) is 4.17. The lowest BCUT2D eigenvalue weighted by atomic mass is 10.1. The van der Waals surface area contributed by atoms with Crippen LogP contribution in [-0.2, 0) is 9.59 Å². The van der Waals surface area contributed by atoms with Crippen molar-refractivity contribution in [1.29, 1.82) is 0 Å². The maximum absolute atomic E-state index is 12.8. The van der Waals surface area contributed by atoms with Crippen molar-refractivity contribution in [1.82, 2.24) is 5.32 Å². The number of amides is 4. The van der Waals surface area contributed by atoms with Crippen LogP contribution in [0, 0.1) is 0 Å². The normalized spacial score (nSPS) is 16.0. The number of hydrogen-bond donors (Lipinski definition) is 1. The van der Waals surface area contributed by atoms with E-state index < -0.39 is 17.8 Å². The highest BCUT2D eigenvalue weighted by Gasteiger charge is 2.36. The van der Waals surface area contributed by atoms with E-state index in [0.717, 1.165) is 4.90 Å². The first-order valence-corrected chi connectivity index (χ1v) is 8.17. The molecule has 1 fully saturated rings. The SMILES string of the molecule is COc1ccc(Cl)cc1/C=C1/C(=O)NC(=O)N(c2ccc(Cl)cc2)C1=O. The second-order valence-electron chi connectivity index (χ2n) is 5.32. The number of rotatable bonds is 3. The number of nitrogens with one attached hydrogen (secondary N) is 1. The lowest BCUT2D eigenvalue weighted by Gasteiger charge is -2.26. The second kappa shape index (κ2) is 7.19. The first-order valence-electron chi connectivity index (χ1n) is 7.41. The maximum Gasteiger partial charge on any atom is 0.335 e. The Balaban J connectivity index is 2.06. The molecule has 3 rings (SSSR count). The van der Waals surface area contributed by atoms with Crippen molar-refractivity contribution in [3.63, 3.8) is 0 Å². The number of urea groups is 1. The van der Waals surface area contributed by atoms with Crippen molar-refractivity contribution < 1.29 is 19.1 Å². The molecule has 0 atom stereocenters. The fourth-order valence-corrected chi connectivity index (χ4v) is 2.76. The van der Waals surface area contributed by atoms with Crippen LogP contribution in [0.5, 0.6) is 5.75 Å². The molecule has 8 heteroatoms. The van der Waals surface area contributed by atoms with Gasteiger partial charge in [0.25, 0.3) is 11.8 Å². The fourth-order valence-electron chi connectivity index (χ4n) is 2.46. The molecule has 2 aromatic rings. The number of imide groups is 2. The van der Waals surface area contributed by atoms with Crippen LogP contribution < -0.4 is 15.0 Å². The minimum Gasteiger partial charge on any atom is -0.496 e. The molecular weight excluding hydrogens is 379 g/mol. The Morgan fingerprint density at radius 2 is 1.65 bits per heavy atom. The van der Waals surface area contributed by atoms with Crippen LogP contribution in [0.1, 0.15) is 5.56 Å². The lowest BCUT2D eigenvalue weighted by Crippen LogP contribution is -2.54. The summed E-state index contributed by atoms with van der Waals surface area (Å²) < 4.78 is 5.22. The van der Waals surface area contributed by atoms with E-state index in [1.165, 1.54) is 37.5 Å². The summed E-state index contributed by atoms with van der Waals surface area (Å²) in [4.78, 5) is 38.0. The van der Waals surface area contributed by atoms with Gasteiger partial charge < -0.3 is 4.74 Å². The summed E-state index contributed by atoms with van der Waals surface area (Å²) >= 11 is 11.8. The van der Waals surface area contributed by atoms with Gasteiger partial charge in [-0.05, 0) is 48.5 Å². The molecule has 1 N–H and O–H groups in total. The van der Waals surface area contributed by atoms with E-state index in [1.54, 1.807) is 18.2 Å². The van der Waals surface area contributed by atoms with Crippen LogP contribution in [0.25, 0.3) is 6.08 Å². The van der Waals surface area contributed by atoms with Gasteiger partial charge in [0.1, 0.15) is 11.3 Å². The summed E-state index contributed by atoms with van der Waals surface area (Å²) in [6.07, 6.45) is 1.33. The lowest BCUT2D eigenvalue weighted by molar-refractivity contribution is -0.122. The van der Waals surface area contributed by atoms with E-state index in [1.807, 2.05) is 0 Å². The molecule has 1 heterocycles. The number of anilines is 1. The molecule has 4 amide bonds. The van der Waals surface area contributed by atoms with Crippen molar-refractivity contribution >= 4 is 52.8 Å². The van der Waals surface area contributed by atoms with Gasteiger partial charge in [0, 0.05) is 15.6 Å². The summed E-state index contributed by atoms with van der Waals surface area (Å²) in [6, 6.07) is 10.0. The highest BCUT2D eigenvalue weighted by Crippen LogP contribution is 2.28. The molecule has 0 unspecified atom stereocenters. The standard InChI is InChI=1S/C18H12Cl2N2O4/c1-26-15-7-4-12(20)8-10(15)9-14-16(23)21-18(25)22(17(14)24)13-5-2-11(19)3-6-13/h2-9H,1H3,(H,21,23,25)/b14-9-. The van der Waals surface area contributed by atoms with Crippen LogP contribution in [0.3, 0.4) is 0 Å². The Kier molecular flexibility index (Phi) is 4.97. The largest absolute Gasteiger partial charge is 0.496 e. The molecular formula is C18H12Cl2N2O4. The minimum absolute atomic E-state index is 0.222. The Bertz CT molecular complexity index is 939. The number of hydrogen-bond acceptors (Lipinski definition) is 4. The number of methoxy groups -OCH3 is 1. The third-order valence-electron chi connectivity index (χ3n) is 3.68. The second-order valence-corrected chi connectivity index (χ2v) is 6.19. The summed E-state index contributed by atoms with van der Waals surface area (Å²) in [5.74, 6) is -1.13. The van der Waals surface area contributed by atoms with Gasteiger partial charge in [-0.3, -0.25) is 14.9 Å². The van der Waals surface area contributed by atoms with E-state index in [4.69, 9.17) is 27.9 Å². The van der Waals surface area contributed by atoms with Crippen molar-refractivity contribution in [2.24, 2.45) is 0 Å². The van der Waals surface area contributed by atoms with Crippen LogP contribution in [0.2, 0.25) is 10.0 Å². The zero-order chi connectivity index (χ0) is 18.8. The Morgan fingerprint density at radius 3 is 2.31 bits per heavy atom. The van der Waals surface area contributed by atoms with Gasteiger partial charge in [0.2, 0.25) is 0 Å². The molecule has 1 saturated heterocycles. The Labute approximate surface area is 158 Å². The molecule has 2 aromatic carbocycles. The van der Waals surface area contributed by atoms with Crippen molar-refractivity contribution in [3.05, 3.63) is 63.6 Å². The molecule has 0 spiro atoms. The van der Waals surface area contributed by atoms with Gasteiger partial charge in [-0.1, -0.05) is 23.2 Å². The minimum atomic E-state index is -0.836. The number of ether oxygens (including phenoxy) is 1. The molecule has 0 bridgehead atoms. The molecule has 132 valence electrons. The molecule has 0 aliphatic carbocycles. The summed E-state index contributed by atoms with van der Waals surface area (Å²) in [6.45, 7) is 0. The summed E-state index contributed by atoms with van der Waals surface area (Å²) in [5.41, 5.74) is 0.498. The molecule has 0 saturated carbocycles. The zero-order valence-electron chi connectivity index (χ0n) is 13.5. The number of benzene rings is 2. The van der Waals surface area contributed by atoms with Crippen LogP contribution in [-0.4, -0.2) is 25.0 Å². The third kappa shape index (κ3) is 3.42. The summed E-state index contributed by atoms with van der Waals surface area (Å²) in [5, 5.41) is 3.01. The quantitative estimate of drug-likeness (QED) is 0.640. The van der Waals surface area contributed by atoms with Crippen LogP contribution in [0.4, 0.5) is 10.5 Å². The number of barbiturate groups is 1. The van der Waals surface area contributed by atoms with Gasteiger partial charge in [-0.15, -0.1) is 0 Å². The molecule has 0 aromatic heterocycles. The Morgan fingerprint density at radius 1 is 1.00 bits per heavy atom. The van der Waals surface area contributed by atoms with Gasteiger partial charge >= 0.3 is 6.03 Å². The van der Waals surface area contributed by atoms with E-state index in [-0.39, 0.29) is 11.3 Å². The number of carbonyl (C=O) groups excluding carboxylic acids is 3. The number of carbonyl (C=O) groups is 3. The fraction of sp³-hybridized carbons (Fsp3) is 0.0556. The van der Waals surface area contributed by atoms with Crippen LogP contribution >= 0.6 is 23.2 Å². The molecule has 6 nitrogen and oxygen atoms in total. The molecule has 0 radical (unpaired) electrons. The first-order chi connectivity index (χ1) is 12.4. The zero-order valence-corrected chi connectivity index (χ0v) is 15.0. The summed E-state index contributed by atoms with van der Waals surface area (Å²) in [7, 11) is 1.46. The van der Waals surface area contributed by atoms with E-state index in [0.29, 0.717) is 21.4 Å². The van der Waals surface area contributed by atoms with E-state index in [2.05, 4.69) is 5.32 Å². The average molecular weight is 391 g/mol. The van der Waals surface area contributed by atoms with Gasteiger partial charge in [-0.25, -0.2) is 9.69 Å². The number of halogens is 2. The van der Waals surface area contributed by atoms with Gasteiger partial charge in [-0.2, -0.15) is 0 Å². The highest BCUT2D eigenvalue weighted by atomic mass is 35.5. The predicted octanol–water partition coefficient (Wildman–Crippen LogP) is 3.67. The predicted molar refractivity (Wildman–Crippen MR) is 98.5 cm³/mol.